The van der Waals surface area contributed by atoms with E-state index in [0.717, 1.165) is 5.57 Å². The zero-order valence-corrected chi connectivity index (χ0v) is 42.3. The summed E-state index contributed by atoms with van der Waals surface area (Å²) in [4.78, 5) is 52.3. The maximum absolute atomic E-state index is 14.9. The van der Waals surface area contributed by atoms with Gasteiger partial charge in [0.05, 0.1) is 24.7 Å². The Morgan fingerprint density at radius 3 is 2.11 bits per heavy atom. The molecule has 5 aliphatic carbocycles. The molecule has 4 saturated carbocycles. The second kappa shape index (κ2) is 18.7. The van der Waals surface area contributed by atoms with E-state index in [1.54, 1.807) is 0 Å². The molecule has 10 rings (SSSR count). The number of fused-ring (bicyclic) bond motifs is 5. The SMILES string of the molecule is CC(=O)OC[C@]1(C)C[C@H]2C3=CC[C@@H]4[C@@]5(C)CC[C@H]([C@@H]6O[C@H](C(=O)O)[C@@H](O)[C@H](O)[C@H]6O[C@@H]6O[C@H](CO)[C@@H](O)[C@H](O)[C@H]6O[C@@H]6OC[C@@H](O)[C@H](O)[C@H]6O)C(C)(C)[C@@H]5CC[C@@]4(C)[C@]34OC(=O)[C@@]2(C[C@@H]1OC(C)=O)C[C@@H]4C. The van der Waals surface area contributed by atoms with Crippen molar-refractivity contribution < 1.29 is 103 Å². The molecule has 0 amide bonds. The van der Waals surface area contributed by atoms with E-state index in [4.69, 9.17) is 37.9 Å². The molecule has 0 unspecified atom stereocenters. The van der Waals surface area contributed by atoms with Crippen molar-refractivity contribution >= 4 is 23.9 Å². The van der Waals surface area contributed by atoms with Crippen molar-refractivity contribution in [2.24, 2.45) is 56.7 Å². The molecule has 406 valence electrons. The lowest BCUT2D eigenvalue weighted by molar-refractivity contribution is -0.378. The summed E-state index contributed by atoms with van der Waals surface area (Å²) in [6.07, 6.45) is -18.3. The highest BCUT2D eigenvalue weighted by Gasteiger charge is 2.79. The second-order valence-electron chi connectivity index (χ2n) is 24.3. The summed E-state index contributed by atoms with van der Waals surface area (Å²) in [5.74, 6) is -3.79. The summed E-state index contributed by atoms with van der Waals surface area (Å²) >= 11 is 0. The van der Waals surface area contributed by atoms with Crippen LogP contribution in [0.4, 0.5) is 0 Å². The van der Waals surface area contributed by atoms with Crippen LogP contribution in [0.3, 0.4) is 0 Å². The number of ether oxygens (including phenoxy) is 8. The smallest absolute Gasteiger partial charge is 0.335 e. The number of rotatable bonds is 10. The van der Waals surface area contributed by atoms with E-state index in [1.807, 2.05) is 6.92 Å². The summed E-state index contributed by atoms with van der Waals surface area (Å²) in [5.41, 5.74) is -3.29. The summed E-state index contributed by atoms with van der Waals surface area (Å²) < 4.78 is 48.6. The third-order valence-corrected chi connectivity index (χ3v) is 20.1. The monoisotopic (exact) mass is 1020 g/mol. The van der Waals surface area contributed by atoms with Crippen LogP contribution in [0.2, 0.25) is 0 Å². The highest BCUT2D eigenvalue weighted by Crippen LogP contribution is 2.78. The lowest BCUT2D eigenvalue weighted by Crippen LogP contribution is -2.76. The minimum absolute atomic E-state index is 0.0140. The van der Waals surface area contributed by atoms with Crippen molar-refractivity contribution in [3.8, 4) is 0 Å². The van der Waals surface area contributed by atoms with Crippen molar-refractivity contribution in [2.45, 2.75) is 204 Å². The van der Waals surface area contributed by atoms with E-state index < -0.39 is 162 Å². The van der Waals surface area contributed by atoms with Crippen LogP contribution in [-0.2, 0) is 57.1 Å². The van der Waals surface area contributed by atoms with Crippen LogP contribution < -0.4 is 0 Å². The predicted octanol–water partition coefficient (Wildman–Crippen LogP) is 0.247. The quantitative estimate of drug-likeness (QED) is 0.0804. The molecule has 9 N–H and O–H groups in total. The Morgan fingerprint density at radius 1 is 0.778 bits per heavy atom. The number of carboxylic acids is 1. The van der Waals surface area contributed by atoms with Gasteiger partial charge in [-0.2, -0.15) is 0 Å². The topological polar surface area (TPSA) is 324 Å². The van der Waals surface area contributed by atoms with Crippen LogP contribution in [0.15, 0.2) is 11.6 Å². The molecule has 2 spiro atoms. The third-order valence-electron chi connectivity index (χ3n) is 20.1. The van der Waals surface area contributed by atoms with Gasteiger partial charge in [-0.05, 0) is 79.1 Å². The first kappa shape index (κ1) is 53.9. The minimum atomic E-state index is -2.02. The number of esters is 3. The zero-order chi connectivity index (χ0) is 52.6. The molecule has 25 atom stereocenters. The number of aliphatic hydroxyl groups is 8. The summed E-state index contributed by atoms with van der Waals surface area (Å²) in [6.45, 7) is 14.2. The van der Waals surface area contributed by atoms with Gasteiger partial charge < -0.3 is 83.9 Å². The number of allylic oxidation sites excluding steroid dienone is 1. The number of hydrogen-bond donors (Lipinski definition) is 9. The average Bonchev–Trinajstić information content (AvgIpc) is 3.30. The maximum atomic E-state index is 14.9. The van der Waals surface area contributed by atoms with E-state index in [2.05, 4.69) is 40.7 Å². The first-order chi connectivity index (χ1) is 33.6. The first-order valence-electron chi connectivity index (χ1n) is 25.7. The van der Waals surface area contributed by atoms with Gasteiger partial charge in [0.2, 0.25) is 0 Å². The molecule has 0 aromatic rings. The van der Waals surface area contributed by atoms with Gasteiger partial charge in [-0.3, -0.25) is 14.4 Å². The number of carboxylic acid groups (broad SMARTS) is 1. The van der Waals surface area contributed by atoms with Crippen LogP contribution in [0.1, 0.15) is 107 Å². The maximum Gasteiger partial charge on any atom is 0.335 e. The van der Waals surface area contributed by atoms with Gasteiger partial charge in [0, 0.05) is 42.9 Å². The van der Waals surface area contributed by atoms with Crippen molar-refractivity contribution in [3.05, 3.63) is 11.6 Å². The second-order valence-corrected chi connectivity index (χ2v) is 24.3. The van der Waals surface area contributed by atoms with Crippen molar-refractivity contribution in [2.75, 3.05) is 19.8 Å². The first-order valence-corrected chi connectivity index (χ1v) is 25.7. The normalized spacial score (nSPS) is 52.6. The number of aliphatic hydroxyl groups excluding tert-OH is 8. The van der Waals surface area contributed by atoms with E-state index in [-0.39, 0.29) is 42.7 Å². The fourth-order valence-corrected chi connectivity index (χ4v) is 16.7. The number of hydrogen-bond acceptors (Lipinski definition) is 20. The van der Waals surface area contributed by atoms with Crippen LogP contribution in [0, 0.1) is 56.7 Å². The van der Waals surface area contributed by atoms with Gasteiger partial charge >= 0.3 is 23.9 Å². The highest BCUT2D eigenvalue weighted by atomic mass is 16.8. The van der Waals surface area contributed by atoms with Gasteiger partial charge in [-0.1, -0.05) is 47.6 Å². The lowest BCUT2D eigenvalue weighted by atomic mass is 9.33. The van der Waals surface area contributed by atoms with Crippen LogP contribution >= 0.6 is 0 Å². The Balaban J connectivity index is 1.03. The lowest BCUT2D eigenvalue weighted by Gasteiger charge is -2.75. The van der Waals surface area contributed by atoms with E-state index in [9.17, 15) is 65.1 Å². The molecular formula is C51H76O21. The molecule has 5 heterocycles. The molecule has 0 aromatic carbocycles. The molecule has 5 aliphatic heterocycles. The number of aliphatic carboxylic acids is 1. The van der Waals surface area contributed by atoms with Crippen molar-refractivity contribution in [3.63, 3.8) is 0 Å². The molecule has 5 saturated heterocycles. The van der Waals surface area contributed by atoms with Gasteiger partial charge in [0.25, 0.3) is 0 Å². The third kappa shape index (κ3) is 7.94. The summed E-state index contributed by atoms with van der Waals surface area (Å²) in [7, 11) is 0. The molecule has 72 heavy (non-hydrogen) atoms. The zero-order valence-electron chi connectivity index (χ0n) is 42.3. The molecule has 21 nitrogen and oxygen atoms in total. The Morgan fingerprint density at radius 2 is 1.46 bits per heavy atom. The highest BCUT2D eigenvalue weighted by molar-refractivity contribution is 5.83. The molecule has 10 aliphatic rings. The predicted molar refractivity (Wildman–Crippen MR) is 243 cm³/mol. The molecular weight excluding hydrogens is 949 g/mol. The molecule has 21 heteroatoms. The Hall–Kier alpha value is -2.90. The molecule has 0 aromatic heterocycles. The summed E-state index contributed by atoms with van der Waals surface area (Å²) in [6, 6.07) is 0. The Kier molecular flexibility index (Phi) is 14.0. The standard InChI is InChI=1S/C51H76O21/c1-21-15-50-17-31(67-23(3)54)47(6,20-66-22(2)53)16-26(50)24-9-10-30-48(7)13-11-25(46(4,5)29(48)12-14-49(30,8)51(21,24)72-45(50)64)38-39(35(59)36(60)40(69-38)42(62)63)70-44-41(34(58)33(57)28(18-52)68-44)71-43-37(61)32(56)27(55)19-65-43/h9,21,25-41,43-44,52,55-61H,10-20H2,1-8H3,(H,62,63)/t21-,25+,26-,27+,28+,29-,30+,31-,32-,33+,34-,35-,36-,37+,38-,39+,40-,41+,43-,44-,47-,48-,49+,50+,51+/m0/s1. The van der Waals surface area contributed by atoms with E-state index >= 15 is 0 Å². The van der Waals surface area contributed by atoms with Gasteiger partial charge in [-0.15, -0.1) is 0 Å². The minimum Gasteiger partial charge on any atom is -0.479 e. The molecule has 9 fully saturated rings. The number of carbonyl (C=O) groups is 4. The fourth-order valence-electron chi connectivity index (χ4n) is 16.7. The molecule has 0 radical (unpaired) electrons. The summed E-state index contributed by atoms with van der Waals surface area (Å²) in [5, 5.41) is 97.3. The van der Waals surface area contributed by atoms with E-state index in [1.165, 1.54) is 13.8 Å². The van der Waals surface area contributed by atoms with Crippen molar-refractivity contribution in [1.82, 2.24) is 0 Å². The fraction of sp³-hybridized carbons (Fsp3) is 0.882. The average molecular weight is 1030 g/mol. The Labute approximate surface area is 418 Å². The molecule has 2 bridgehead atoms. The van der Waals surface area contributed by atoms with Crippen LogP contribution in [0.25, 0.3) is 0 Å². The van der Waals surface area contributed by atoms with Gasteiger partial charge in [0.1, 0.15) is 79.4 Å². The van der Waals surface area contributed by atoms with Crippen LogP contribution in [-0.4, -0.2) is 187 Å². The van der Waals surface area contributed by atoms with Crippen molar-refractivity contribution in [1.29, 1.82) is 0 Å². The van der Waals surface area contributed by atoms with Gasteiger partial charge in [0.15, 0.2) is 18.7 Å². The van der Waals surface area contributed by atoms with E-state index in [0.29, 0.717) is 44.9 Å². The van der Waals surface area contributed by atoms with Gasteiger partial charge in [-0.25, -0.2) is 4.79 Å². The largest absolute Gasteiger partial charge is 0.479 e. The number of carbonyl (C=O) groups excluding carboxylic acids is 3. The van der Waals surface area contributed by atoms with Crippen LogP contribution in [0.5, 0.6) is 0 Å². The Bertz CT molecular complexity index is 2150.